The van der Waals surface area contributed by atoms with Crippen molar-refractivity contribution in [2.24, 2.45) is 5.73 Å². The van der Waals surface area contributed by atoms with Gasteiger partial charge in [-0.05, 0) is 33.2 Å². The second-order valence-electron chi connectivity index (χ2n) is 4.15. The monoisotopic (exact) mass is 229 g/mol. The van der Waals surface area contributed by atoms with Gasteiger partial charge in [0.2, 0.25) is 11.8 Å². The lowest BCUT2D eigenvalue weighted by molar-refractivity contribution is -0.121. The van der Waals surface area contributed by atoms with Gasteiger partial charge in [-0.15, -0.1) is 0 Å². The van der Waals surface area contributed by atoms with Crippen LogP contribution in [0.15, 0.2) is 0 Å². The third-order valence-electron chi connectivity index (χ3n) is 2.01. The smallest absolute Gasteiger partial charge is 0.221 e. The predicted octanol–water partition coefficient (Wildman–Crippen LogP) is 0.146. The van der Waals surface area contributed by atoms with E-state index in [1.54, 1.807) is 0 Å². The summed E-state index contributed by atoms with van der Waals surface area (Å²) < 4.78 is 0. The zero-order chi connectivity index (χ0) is 12.4. The van der Waals surface area contributed by atoms with Gasteiger partial charge >= 0.3 is 0 Å². The van der Waals surface area contributed by atoms with E-state index in [-0.39, 0.29) is 17.9 Å². The Bertz CT molecular complexity index is 217. The minimum absolute atomic E-state index is 0.0691. The van der Waals surface area contributed by atoms with Gasteiger partial charge in [0.15, 0.2) is 0 Å². The number of primary amides is 1. The SMILES string of the molecule is CC(C)NC(=O)CCNCCCCC(N)=O. The summed E-state index contributed by atoms with van der Waals surface area (Å²) in [6, 6.07) is 0.197. The molecule has 0 aliphatic carbocycles. The van der Waals surface area contributed by atoms with E-state index in [2.05, 4.69) is 10.6 Å². The lowest BCUT2D eigenvalue weighted by Gasteiger charge is -2.08. The molecule has 0 atom stereocenters. The fraction of sp³-hybridized carbons (Fsp3) is 0.818. The molecule has 0 radical (unpaired) electrons. The Morgan fingerprint density at radius 3 is 2.38 bits per heavy atom. The molecule has 4 N–H and O–H groups in total. The van der Waals surface area contributed by atoms with Crippen LogP contribution in [0.2, 0.25) is 0 Å². The fourth-order valence-corrected chi connectivity index (χ4v) is 1.27. The molecular formula is C11H23N3O2. The molecule has 5 heteroatoms. The maximum absolute atomic E-state index is 11.2. The minimum Gasteiger partial charge on any atom is -0.370 e. The van der Waals surface area contributed by atoms with Crippen molar-refractivity contribution in [3.63, 3.8) is 0 Å². The molecule has 0 aromatic carbocycles. The summed E-state index contributed by atoms with van der Waals surface area (Å²) in [6.45, 7) is 5.38. The van der Waals surface area contributed by atoms with Gasteiger partial charge in [0.05, 0.1) is 0 Å². The molecule has 0 saturated carbocycles. The van der Waals surface area contributed by atoms with Crippen molar-refractivity contribution in [1.29, 1.82) is 0 Å². The maximum Gasteiger partial charge on any atom is 0.221 e. The summed E-state index contributed by atoms with van der Waals surface area (Å²) in [5.74, 6) is -0.184. The molecule has 0 aromatic heterocycles. The Kier molecular flexibility index (Phi) is 8.52. The van der Waals surface area contributed by atoms with E-state index >= 15 is 0 Å². The lowest BCUT2D eigenvalue weighted by Crippen LogP contribution is -2.32. The van der Waals surface area contributed by atoms with Crippen molar-refractivity contribution in [3.8, 4) is 0 Å². The van der Waals surface area contributed by atoms with E-state index in [0.717, 1.165) is 19.4 Å². The van der Waals surface area contributed by atoms with Gasteiger partial charge in [-0.2, -0.15) is 0 Å². The molecule has 0 heterocycles. The first-order valence-corrected chi connectivity index (χ1v) is 5.80. The van der Waals surface area contributed by atoms with E-state index in [9.17, 15) is 9.59 Å². The number of nitrogens with two attached hydrogens (primary N) is 1. The summed E-state index contributed by atoms with van der Waals surface area (Å²) in [7, 11) is 0. The Labute approximate surface area is 97.2 Å². The van der Waals surface area contributed by atoms with E-state index in [0.29, 0.717) is 19.4 Å². The summed E-state index contributed by atoms with van der Waals surface area (Å²) in [5, 5.41) is 5.97. The number of carbonyl (C=O) groups excluding carboxylic acids is 2. The van der Waals surface area contributed by atoms with Crippen LogP contribution in [0.25, 0.3) is 0 Å². The third-order valence-corrected chi connectivity index (χ3v) is 2.01. The molecular weight excluding hydrogens is 206 g/mol. The van der Waals surface area contributed by atoms with Crippen molar-refractivity contribution in [2.75, 3.05) is 13.1 Å². The number of amides is 2. The van der Waals surface area contributed by atoms with Gasteiger partial charge in [-0.3, -0.25) is 9.59 Å². The van der Waals surface area contributed by atoms with Crippen LogP contribution in [-0.4, -0.2) is 30.9 Å². The van der Waals surface area contributed by atoms with Crippen molar-refractivity contribution < 1.29 is 9.59 Å². The van der Waals surface area contributed by atoms with Crippen molar-refractivity contribution in [3.05, 3.63) is 0 Å². The second kappa shape index (κ2) is 9.15. The fourth-order valence-electron chi connectivity index (χ4n) is 1.27. The number of hydrogen-bond acceptors (Lipinski definition) is 3. The molecule has 0 fully saturated rings. The van der Waals surface area contributed by atoms with Crippen LogP contribution in [0.4, 0.5) is 0 Å². The molecule has 94 valence electrons. The summed E-state index contributed by atoms with van der Waals surface area (Å²) in [5.41, 5.74) is 5.01. The molecule has 0 aliphatic rings. The zero-order valence-electron chi connectivity index (χ0n) is 10.2. The Morgan fingerprint density at radius 1 is 1.12 bits per heavy atom. The number of rotatable bonds is 9. The summed E-state index contributed by atoms with van der Waals surface area (Å²) >= 11 is 0. The second-order valence-corrected chi connectivity index (χ2v) is 4.15. The number of hydrogen-bond donors (Lipinski definition) is 3. The van der Waals surface area contributed by atoms with Crippen LogP contribution in [0.3, 0.4) is 0 Å². The Morgan fingerprint density at radius 2 is 1.81 bits per heavy atom. The number of carbonyl (C=O) groups is 2. The molecule has 0 aromatic rings. The van der Waals surface area contributed by atoms with Crippen LogP contribution in [-0.2, 0) is 9.59 Å². The van der Waals surface area contributed by atoms with Gasteiger partial charge in [-0.1, -0.05) is 0 Å². The number of nitrogens with one attached hydrogen (secondary N) is 2. The average molecular weight is 229 g/mol. The molecule has 2 amide bonds. The average Bonchev–Trinajstić information content (AvgIpc) is 2.14. The topological polar surface area (TPSA) is 84.2 Å². The van der Waals surface area contributed by atoms with Gasteiger partial charge in [0.1, 0.15) is 0 Å². The van der Waals surface area contributed by atoms with E-state index < -0.39 is 0 Å². The molecule has 0 rings (SSSR count). The largest absolute Gasteiger partial charge is 0.370 e. The highest BCUT2D eigenvalue weighted by Gasteiger charge is 2.01. The van der Waals surface area contributed by atoms with Gasteiger partial charge < -0.3 is 16.4 Å². The summed E-state index contributed by atoms with van der Waals surface area (Å²) in [6.07, 6.45) is 2.65. The molecule has 0 spiro atoms. The highest BCUT2D eigenvalue weighted by Crippen LogP contribution is 1.92. The van der Waals surface area contributed by atoms with Crippen LogP contribution in [0.1, 0.15) is 39.5 Å². The lowest BCUT2D eigenvalue weighted by atomic mass is 10.2. The standard InChI is InChI=1S/C11H23N3O2/c1-9(2)14-11(16)6-8-13-7-4-3-5-10(12)15/h9,13H,3-8H2,1-2H3,(H2,12,15)(H,14,16). The highest BCUT2D eigenvalue weighted by molar-refractivity contribution is 5.76. The summed E-state index contributed by atoms with van der Waals surface area (Å²) in [4.78, 5) is 21.6. The van der Waals surface area contributed by atoms with Crippen molar-refractivity contribution in [2.45, 2.75) is 45.6 Å². The predicted molar refractivity (Wildman–Crippen MR) is 63.8 cm³/mol. The Hall–Kier alpha value is -1.10. The van der Waals surface area contributed by atoms with Gasteiger partial charge in [-0.25, -0.2) is 0 Å². The molecule has 0 unspecified atom stereocenters. The van der Waals surface area contributed by atoms with Crippen LogP contribution in [0.5, 0.6) is 0 Å². The van der Waals surface area contributed by atoms with Crippen molar-refractivity contribution >= 4 is 11.8 Å². The molecule has 0 saturated heterocycles. The number of unbranched alkanes of at least 4 members (excludes halogenated alkanes) is 1. The van der Waals surface area contributed by atoms with Crippen molar-refractivity contribution in [1.82, 2.24) is 10.6 Å². The first-order chi connectivity index (χ1) is 7.52. The molecule has 5 nitrogen and oxygen atoms in total. The first-order valence-electron chi connectivity index (χ1n) is 5.80. The zero-order valence-corrected chi connectivity index (χ0v) is 10.2. The Balaban J connectivity index is 3.20. The molecule has 0 bridgehead atoms. The van der Waals surface area contributed by atoms with Crippen LogP contribution in [0, 0.1) is 0 Å². The third kappa shape index (κ3) is 11.0. The normalized spacial score (nSPS) is 10.4. The minimum atomic E-state index is -0.253. The highest BCUT2D eigenvalue weighted by atomic mass is 16.1. The van der Waals surface area contributed by atoms with E-state index in [1.807, 2.05) is 13.8 Å². The van der Waals surface area contributed by atoms with E-state index in [1.165, 1.54) is 0 Å². The first kappa shape index (κ1) is 14.9. The van der Waals surface area contributed by atoms with Crippen LogP contribution >= 0.6 is 0 Å². The van der Waals surface area contributed by atoms with Gasteiger partial charge in [0.25, 0.3) is 0 Å². The quantitative estimate of drug-likeness (QED) is 0.492. The molecule has 16 heavy (non-hydrogen) atoms. The van der Waals surface area contributed by atoms with Gasteiger partial charge in [0, 0.05) is 25.4 Å². The molecule has 0 aliphatic heterocycles. The maximum atomic E-state index is 11.2. The van der Waals surface area contributed by atoms with Crippen LogP contribution < -0.4 is 16.4 Å². The van der Waals surface area contributed by atoms with E-state index in [4.69, 9.17) is 5.73 Å².